The number of nitro groups is 1. The Labute approximate surface area is 197 Å². The molecule has 9 nitrogen and oxygen atoms in total. The smallest absolute Gasteiger partial charge is 0.293 e. The van der Waals surface area contributed by atoms with Crippen LogP contribution in [0.25, 0.3) is 6.08 Å². The first-order chi connectivity index (χ1) is 15.8. The second-order valence-corrected chi connectivity index (χ2v) is 8.87. The van der Waals surface area contributed by atoms with E-state index in [1.807, 2.05) is 0 Å². The Balaban J connectivity index is 1.31. The van der Waals surface area contributed by atoms with Gasteiger partial charge in [-0.15, -0.1) is 0 Å². The lowest BCUT2D eigenvalue weighted by atomic mass is 9.96. The van der Waals surface area contributed by atoms with E-state index >= 15 is 0 Å². The number of carbonyl (C=O) groups excluding carboxylic acids is 3. The van der Waals surface area contributed by atoms with Crippen molar-refractivity contribution < 1.29 is 24.0 Å². The van der Waals surface area contributed by atoms with E-state index in [0.717, 1.165) is 22.2 Å². The fourth-order valence-corrected chi connectivity index (χ4v) is 4.56. The van der Waals surface area contributed by atoms with Gasteiger partial charge in [0.25, 0.3) is 16.8 Å². The van der Waals surface area contributed by atoms with Crippen molar-refractivity contribution in [2.24, 2.45) is 5.92 Å². The van der Waals surface area contributed by atoms with Crippen LogP contribution >= 0.6 is 23.4 Å². The third-order valence-electron chi connectivity index (χ3n) is 5.21. The van der Waals surface area contributed by atoms with Crippen LogP contribution in [0.1, 0.15) is 11.1 Å². The van der Waals surface area contributed by atoms with Crippen LogP contribution in [-0.2, 0) is 16.0 Å². The molecule has 1 fully saturated rings. The Kier molecular flexibility index (Phi) is 6.66. The lowest BCUT2D eigenvalue weighted by molar-refractivity contribution is -0.384. The van der Waals surface area contributed by atoms with Crippen molar-refractivity contribution in [1.82, 2.24) is 10.2 Å². The Morgan fingerprint density at radius 2 is 2.03 bits per heavy atom. The maximum Gasteiger partial charge on any atom is 0.293 e. The number of fused-ring (bicyclic) bond motifs is 1. The number of benzene rings is 2. The second kappa shape index (κ2) is 9.63. The Hall–Kier alpha value is -3.37. The summed E-state index contributed by atoms with van der Waals surface area (Å²) in [4.78, 5) is 48.9. The van der Waals surface area contributed by atoms with Crippen LogP contribution in [-0.4, -0.2) is 46.6 Å². The molecule has 1 unspecified atom stereocenters. The van der Waals surface area contributed by atoms with Crippen molar-refractivity contribution in [1.29, 1.82) is 0 Å². The van der Waals surface area contributed by atoms with Gasteiger partial charge in [-0.2, -0.15) is 0 Å². The van der Waals surface area contributed by atoms with Crippen LogP contribution in [0.4, 0.5) is 10.5 Å². The minimum Gasteiger partial charge on any atom is -0.492 e. The monoisotopic (exact) mass is 487 g/mol. The molecule has 33 heavy (non-hydrogen) atoms. The topological polar surface area (TPSA) is 119 Å². The largest absolute Gasteiger partial charge is 0.492 e. The summed E-state index contributed by atoms with van der Waals surface area (Å²) in [5.41, 5.74) is 1.36. The minimum atomic E-state index is -0.515. The molecule has 4 rings (SSSR count). The van der Waals surface area contributed by atoms with E-state index in [-0.39, 0.29) is 36.2 Å². The molecule has 170 valence electrons. The molecule has 1 saturated heterocycles. The SMILES string of the molecule is O=C(NCCN1C(=O)SC(=Cc2ccc([N+](=O)[O-])cc2)C1=O)C1COc2ccc(Cl)cc2C1. The van der Waals surface area contributed by atoms with Crippen molar-refractivity contribution in [3.8, 4) is 5.75 Å². The fraction of sp³-hybridized carbons (Fsp3) is 0.227. The first-order valence-electron chi connectivity index (χ1n) is 10.0. The van der Waals surface area contributed by atoms with Gasteiger partial charge in [-0.05, 0) is 65.7 Å². The van der Waals surface area contributed by atoms with Gasteiger partial charge in [0.2, 0.25) is 5.91 Å². The average molecular weight is 488 g/mol. The highest BCUT2D eigenvalue weighted by molar-refractivity contribution is 8.18. The number of thioether (sulfide) groups is 1. The molecule has 0 saturated carbocycles. The summed E-state index contributed by atoms with van der Waals surface area (Å²) in [5.74, 6) is -0.384. The molecule has 0 aliphatic carbocycles. The molecular weight excluding hydrogens is 470 g/mol. The van der Waals surface area contributed by atoms with Crippen molar-refractivity contribution in [2.75, 3.05) is 19.7 Å². The molecular formula is C22H18ClN3O6S. The maximum absolute atomic E-state index is 12.6. The lowest BCUT2D eigenvalue weighted by Gasteiger charge is -2.25. The summed E-state index contributed by atoms with van der Waals surface area (Å²) < 4.78 is 5.63. The number of carbonyl (C=O) groups is 3. The van der Waals surface area contributed by atoms with Crippen LogP contribution in [0, 0.1) is 16.0 Å². The summed E-state index contributed by atoms with van der Waals surface area (Å²) >= 11 is 6.80. The second-order valence-electron chi connectivity index (χ2n) is 7.44. The number of rotatable bonds is 6. The van der Waals surface area contributed by atoms with Gasteiger partial charge in [-0.25, -0.2) is 0 Å². The third kappa shape index (κ3) is 5.18. The summed E-state index contributed by atoms with van der Waals surface area (Å²) in [7, 11) is 0. The standard InChI is InChI=1S/C22H18ClN3O6S/c23-16-3-6-18-14(11-16)10-15(12-32-18)20(27)24-7-8-25-21(28)19(33-22(25)29)9-13-1-4-17(5-2-13)26(30)31/h1-6,9,11,15H,7-8,10,12H2,(H,24,27). The van der Waals surface area contributed by atoms with E-state index in [2.05, 4.69) is 5.32 Å². The molecule has 1 N–H and O–H groups in total. The highest BCUT2D eigenvalue weighted by Gasteiger charge is 2.35. The Morgan fingerprint density at radius 3 is 2.76 bits per heavy atom. The summed E-state index contributed by atoms with van der Waals surface area (Å²) in [6, 6.07) is 10.9. The predicted molar refractivity (Wildman–Crippen MR) is 123 cm³/mol. The number of imide groups is 1. The highest BCUT2D eigenvalue weighted by atomic mass is 35.5. The van der Waals surface area contributed by atoms with Gasteiger partial charge >= 0.3 is 0 Å². The van der Waals surface area contributed by atoms with Gasteiger partial charge in [-0.1, -0.05) is 11.6 Å². The Morgan fingerprint density at radius 1 is 1.27 bits per heavy atom. The molecule has 0 aromatic heterocycles. The number of amides is 3. The van der Waals surface area contributed by atoms with Gasteiger partial charge in [0.1, 0.15) is 12.4 Å². The van der Waals surface area contributed by atoms with E-state index in [9.17, 15) is 24.5 Å². The molecule has 2 heterocycles. The van der Waals surface area contributed by atoms with E-state index < -0.39 is 22.0 Å². The average Bonchev–Trinajstić information content (AvgIpc) is 3.06. The number of non-ortho nitro benzene ring substituents is 1. The third-order valence-corrected chi connectivity index (χ3v) is 6.35. The van der Waals surface area contributed by atoms with Gasteiger partial charge in [0.15, 0.2) is 0 Å². The zero-order chi connectivity index (χ0) is 23.5. The zero-order valence-corrected chi connectivity index (χ0v) is 18.7. The Bertz CT molecular complexity index is 1170. The highest BCUT2D eigenvalue weighted by Crippen LogP contribution is 2.32. The number of nitro benzene ring substituents is 1. The van der Waals surface area contributed by atoms with Crippen molar-refractivity contribution in [3.05, 3.63) is 73.6 Å². The number of ether oxygens (including phenoxy) is 1. The predicted octanol–water partition coefficient (Wildman–Crippen LogP) is 3.65. The molecule has 2 aromatic carbocycles. The number of nitrogens with zero attached hydrogens (tertiary/aromatic N) is 2. The normalized spacial score (nSPS) is 18.8. The number of halogens is 1. The maximum atomic E-state index is 12.6. The first-order valence-corrected chi connectivity index (χ1v) is 11.2. The molecule has 2 aromatic rings. The number of nitrogens with one attached hydrogen (secondary N) is 1. The van der Waals surface area contributed by atoms with E-state index in [1.54, 1.807) is 18.2 Å². The van der Waals surface area contributed by atoms with Gasteiger partial charge in [0.05, 0.1) is 15.7 Å². The van der Waals surface area contributed by atoms with Crippen molar-refractivity contribution in [2.45, 2.75) is 6.42 Å². The molecule has 1 atom stereocenters. The quantitative estimate of drug-likeness (QED) is 0.375. The van der Waals surface area contributed by atoms with Crippen molar-refractivity contribution in [3.63, 3.8) is 0 Å². The van der Waals surface area contributed by atoms with Crippen LogP contribution in [0.5, 0.6) is 5.75 Å². The molecule has 11 heteroatoms. The molecule has 2 aliphatic heterocycles. The van der Waals surface area contributed by atoms with Crippen LogP contribution < -0.4 is 10.1 Å². The van der Waals surface area contributed by atoms with Gasteiger partial charge in [0, 0.05) is 30.2 Å². The molecule has 3 amide bonds. The first kappa shape index (κ1) is 22.8. The molecule has 2 aliphatic rings. The fourth-order valence-electron chi connectivity index (χ4n) is 3.50. The number of hydrogen-bond donors (Lipinski definition) is 1. The zero-order valence-electron chi connectivity index (χ0n) is 17.2. The van der Waals surface area contributed by atoms with E-state index in [4.69, 9.17) is 16.3 Å². The van der Waals surface area contributed by atoms with Crippen LogP contribution in [0.3, 0.4) is 0 Å². The van der Waals surface area contributed by atoms with E-state index in [0.29, 0.717) is 22.8 Å². The van der Waals surface area contributed by atoms with Crippen LogP contribution in [0.15, 0.2) is 47.4 Å². The summed E-state index contributed by atoms with van der Waals surface area (Å²) in [6.07, 6.45) is 2.00. The van der Waals surface area contributed by atoms with Gasteiger partial charge in [-0.3, -0.25) is 29.4 Å². The summed E-state index contributed by atoms with van der Waals surface area (Å²) in [6.45, 7) is 0.380. The van der Waals surface area contributed by atoms with Crippen LogP contribution in [0.2, 0.25) is 5.02 Å². The molecule has 0 radical (unpaired) electrons. The minimum absolute atomic E-state index is 0.0317. The lowest BCUT2D eigenvalue weighted by Crippen LogP contribution is -2.42. The number of hydrogen-bond acceptors (Lipinski definition) is 7. The van der Waals surface area contributed by atoms with Gasteiger partial charge < -0.3 is 10.1 Å². The summed E-state index contributed by atoms with van der Waals surface area (Å²) in [5, 5.41) is 13.6. The molecule has 0 spiro atoms. The van der Waals surface area contributed by atoms with E-state index in [1.165, 1.54) is 30.3 Å². The molecule has 0 bridgehead atoms. The van der Waals surface area contributed by atoms with Crippen molar-refractivity contribution >= 4 is 52.2 Å².